The van der Waals surface area contributed by atoms with Gasteiger partial charge in [0.05, 0.1) is 22.1 Å². The Morgan fingerprint density at radius 1 is 0.242 bits per heavy atom. The van der Waals surface area contributed by atoms with Crippen LogP contribution >= 0.6 is 0 Å². The molecule has 0 radical (unpaired) electrons. The van der Waals surface area contributed by atoms with Crippen molar-refractivity contribution in [1.82, 2.24) is 24.1 Å². The molecule has 3 heterocycles. The number of fused-ring (bicyclic) bond motifs is 7. The molecule has 5 heteroatoms. The van der Waals surface area contributed by atoms with E-state index in [9.17, 15) is 0 Å². The molecule has 5 nitrogen and oxygen atoms in total. The average Bonchev–Trinajstić information content (AvgIpc) is 3.88. The Hall–Kier alpha value is -8.41. The van der Waals surface area contributed by atoms with E-state index in [0.717, 1.165) is 50.1 Å². The van der Waals surface area contributed by atoms with Crippen LogP contribution in [0.15, 0.2) is 224 Å². The summed E-state index contributed by atoms with van der Waals surface area (Å²) >= 11 is 0. The van der Waals surface area contributed by atoms with Crippen LogP contribution in [0, 0.1) is 0 Å². The third-order valence-corrected chi connectivity index (χ3v) is 12.0. The van der Waals surface area contributed by atoms with E-state index in [-0.39, 0.29) is 0 Å². The standard InChI is InChI=1S/C57H37N5/c1-4-16-38(17-5-1)42-22-14-23-43(36-42)44-24-15-25-46(37-44)62-52-29-13-11-27-48(52)50-35-34-49-47-26-10-12-28-51(47)61(53(49)54(50)62)45-32-30-41(31-33-45)57-59-55(39-18-6-2-7-19-39)58-56(60-57)40-20-8-3-9-21-40/h1-37H. The van der Waals surface area contributed by atoms with Gasteiger partial charge in [0.25, 0.3) is 0 Å². The minimum atomic E-state index is 0.628. The number of nitrogens with zero attached hydrogens (tertiary/aromatic N) is 5. The van der Waals surface area contributed by atoms with Gasteiger partial charge in [-0.2, -0.15) is 0 Å². The van der Waals surface area contributed by atoms with Crippen molar-refractivity contribution in [3.63, 3.8) is 0 Å². The molecule has 62 heavy (non-hydrogen) atoms. The second-order valence-electron chi connectivity index (χ2n) is 15.6. The lowest BCUT2D eigenvalue weighted by Gasteiger charge is -2.14. The highest BCUT2D eigenvalue weighted by Gasteiger charge is 2.22. The summed E-state index contributed by atoms with van der Waals surface area (Å²) in [4.78, 5) is 15.0. The molecular formula is C57H37N5. The van der Waals surface area contributed by atoms with Gasteiger partial charge in [-0.1, -0.05) is 170 Å². The molecule has 290 valence electrons. The summed E-state index contributed by atoms with van der Waals surface area (Å²) in [6.45, 7) is 0. The Morgan fingerprint density at radius 3 is 1.16 bits per heavy atom. The van der Waals surface area contributed by atoms with Crippen molar-refractivity contribution in [2.24, 2.45) is 0 Å². The molecule has 9 aromatic carbocycles. The van der Waals surface area contributed by atoms with Gasteiger partial charge < -0.3 is 9.13 Å². The Kier molecular flexibility index (Phi) is 8.42. The van der Waals surface area contributed by atoms with Crippen molar-refractivity contribution in [3.05, 3.63) is 224 Å². The molecule has 0 unspecified atom stereocenters. The highest BCUT2D eigenvalue weighted by Crippen LogP contribution is 2.42. The largest absolute Gasteiger partial charge is 0.307 e. The zero-order chi connectivity index (χ0) is 41.0. The lowest BCUT2D eigenvalue weighted by atomic mass is 9.99. The van der Waals surface area contributed by atoms with Crippen LogP contribution in [0.2, 0.25) is 0 Å². The maximum Gasteiger partial charge on any atom is 0.164 e. The van der Waals surface area contributed by atoms with Crippen LogP contribution < -0.4 is 0 Å². The van der Waals surface area contributed by atoms with E-state index in [1.165, 1.54) is 43.8 Å². The van der Waals surface area contributed by atoms with Gasteiger partial charge in [-0.15, -0.1) is 0 Å². The molecule has 0 spiro atoms. The predicted octanol–water partition coefficient (Wildman–Crippen LogP) is 14.4. The van der Waals surface area contributed by atoms with E-state index >= 15 is 0 Å². The molecule has 0 saturated heterocycles. The van der Waals surface area contributed by atoms with Gasteiger partial charge in [-0.05, 0) is 76.9 Å². The lowest BCUT2D eigenvalue weighted by Crippen LogP contribution is -2.01. The van der Waals surface area contributed by atoms with Crippen LogP contribution in [0.3, 0.4) is 0 Å². The predicted molar refractivity (Wildman–Crippen MR) is 256 cm³/mol. The number of hydrogen-bond acceptors (Lipinski definition) is 3. The van der Waals surface area contributed by atoms with Gasteiger partial charge in [0.2, 0.25) is 0 Å². The van der Waals surface area contributed by atoms with Crippen molar-refractivity contribution in [1.29, 1.82) is 0 Å². The van der Waals surface area contributed by atoms with Crippen molar-refractivity contribution in [3.8, 4) is 67.8 Å². The molecular weight excluding hydrogens is 755 g/mol. The monoisotopic (exact) mass is 791 g/mol. The summed E-state index contributed by atoms with van der Waals surface area (Å²) in [5.41, 5.74) is 14.3. The van der Waals surface area contributed by atoms with Gasteiger partial charge in [0.1, 0.15) is 0 Å². The number of aromatic nitrogens is 5. The summed E-state index contributed by atoms with van der Waals surface area (Å²) in [6.07, 6.45) is 0. The van der Waals surface area contributed by atoms with Crippen LogP contribution in [-0.4, -0.2) is 24.1 Å². The fourth-order valence-corrected chi connectivity index (χ4v) is 9.07. The van der Waals surface area contributed by atoms with E-state index in [2.05, 4.69) is 173 Å². The highest BCUT2D eigenvalue weighted by molar-refractivity contribution is 6.23. The first-order valence-corrected chi connectivity index (χ1v) is 20.9. The SMILES string of the molecule is c1ccc(-c2cccc(-c3cccc(-n4c5ccccc5c5ccc6c7ccccc7n(-c7ccc(-c8nc(-c9ccccc9)nc(-c9ccccc9)n8)cc7)c6c54)c3)c2)cc1. The summed E-state index contributed by atoms with van der Waals surface area (Å²) in [7, 11) is 0. The average molecular weight is 792 g/mol. The van der Waals surface area contributed by atoms with Crippen LogP contribution in [0.25, 0.3) is 111 Å². The maximum atomic E-state index is 5.02. The number of benzene rings is 9. The van der Waals surface area contributed by atoms with E-state index in [4.69, 9.17) is 15.0 Å². The van der Waals surface area contributed by atoms with E-state index in [1.807, 2.05) is 60.7 Å². The Balaban J connectivity index is 1.05. The third kappa shape index (κ3) is 5.98. The van der Waals surface area contributed by atoms with Gasteiger partial charge in [-0.3, -0.25) is 0 Å². The molecule has 3 aromatic heterocycles. The molecule has 0 atom stereocenters. The van der Waals surface area contributed by atoms with Gasteiger partial charge in [0.15, 0.2) is 17.5 Å². The fraction of sp³-hybridized carbons (Fsp3) is 0. The second-order valence-corrected chi connectivity index (χ2v) is 15.6. The van der Waals surface area contributed by atoms with Gasteiger partial charge >= 0.3 is 0 Å². The topological polar surface area (TPSA) is 48.5 Å². The zero-order valence-electron chi connectivity index (χ0n) is 33.6. The highest BCUT2D eigenvalue weighted by atomic mass is 15.1. The van der Waals surface area contributed by atoms with Crippen molar-refractivity contribution >= 4 is 43.6 Å². The molecule has 0 fully saturated rings. The molecule has 0 aliphatic carbocycles. The minimum absolute atomic E-state index is 0.628. The number of hydrogen-bond donors (Lipinski definition) is 0. The van der Waals surface area contributed by atoms with Crippen molar-refractivity contribution < 1.29 is 0 Å². The van der Waals surface area contributed by atoms with Crippen LogP contribution in [0.4, 0.5) is 0 Å². The maximum absolute atomic E-state index is 5.02. The Bertz CT molecular complexity index is 3550. The number of rotatable bonds is 7. The molecule has 0 aliphatic rings. The molecule has 0 amide bonds. The van der Waals surface area contributed by atoms with Crippen LogP contribution in [0.1, 0.15) is 0 Å². The minimum Gasteiger partial charge on any atom is -0.307 e. The first-order valence-electron chi connectivity index (χ1n) is 20.9. The summed E-state index contributed by atoms with van der Waals surface area (Å²) in [6, 6.07) is 79.4. The Morgan fingerprint density at radius 2 is 0.629 bits per heavy atom. The second kappa shape index (κ2) is 14.7. The smallest absolute Gasteiger partial charge is 0.164 e. The molecule has 0 bridgehead atoms. The quantitative estimate of drug-likeness (QED) is 0.162. The molecule has 0 aliphatic heterocycles. The molecule has 0 N–H and O–H groups in total. The molecule has 12 aromatic rings. The first kappa shape index (κ1) is 35.5. The summed E-state index contributed by atoms with van der Waals surface area (Å²) in [5.74, 6) is 1.91. The number of para-hydroxylation sites is 2. The third-order valence-electron chi connectivity index (χ3n) is 12.0. The molecule has 12 rings (SSSR count). The summed E-state index contributed by atoms with van der Waals surface area (Å²) in [5, 5.41) is 4.82. The lowest BCUT2D eigenvalue weighted by molar-refractivity contribution is 1.07. The van der Waals surface area contributed by atoms with Crippen LogP contribution in [-0.2, 0) is 0 Å². The van der Waals surface area contributed by atoms with Crippen molar-refractivity contribution in [2.75, 3.05) is 0 Å². The zero-order valence-corrected chi connectivity index (χ0v) is 33.6. The van der Waals surface area contributed by atoms with E-state index in [1.54, 1.807) is 0 Å². The van der Waals surface area contributed by atoms with Crippen molar-refractivity contribution in [2.45, 2.75) is 0 Å². The normalized spacial score (nSPS) is 11.5. The van der Waals surface area contributed by atoms with E-state index in [0.29, 0.717) is 17.5 Å². The molecule has 0 saturated carbocycles. The van der Waals surface area contributed by atoms with E-state index < -0.39 is 0 Å². The fourth-order valence-electron chi connectivity index (χ4n) is 9.07. The van der Waals surface area contributed by atoms with Gasteiger partial charge in [0, 0.05) is 49.6 Å². The first-order chi connectivity index (χ1) is 30.7. The summed E-state index contributed by atoms with van der Waals surface area (Å²) < 4.78 is 4.89. The van der Waals surface area contributed by atoms with Crippen LogP contribution in [0.5, 0.6) is 0 Å². The Labute approximate surface area is 358 Å². The van der Waals surface area contributed by atoms with Gasteiger partial charge in [-0.25, -0.2) is 15.0 Å².